The first-order valence-corrected chi connectivity index (χ1v) is 10.1. The van der Waals surface area contributed by atoms with Crippen molar-refractivity contribution in [2.24, 2.45) is 0 Å². The summed E-state index contributed by atoms with van der Waals surface area (Å²) in [7, 11) is 0. The maximum atomic E-state index is 13.0. The lowest BCUT2D eigenvalue weighted by atomic mass is 9.99. The molecule has 0 bridgehead atoms. The van der Waals surface area contributed by atoms with Crippen LogP contribution in [0.5, 0.6) is 0 Å². The van der Waals surface area contributed by atoms with Crippen LogP contribution in [-0.2, 0) is 10.9 Å². The molecule has 2 aromatic carbocycles. The van der Waals surface area contributed by atoms with Gasteiger partial charge in [-0.3, -0.25) is 0 Å². The van der Waals surface area contributed by atoms with E-state index in [0.29, 0.717) is 6.61 Å². The van der Waals surface area contributed by atoms with Crippen molar-refractivity contribution in [2.45, 2.75) is 52.3 Å². The van der Waals surface area contributed by atoms with Gasteiger partial charge in [0, 0.05) is 18.0 Å². The van der Waals surface area contributed by atoms with Gasteiger partial charge in [0.15, 0.2) is 0 Å². The van der Waals surface area contributed by atoms with Crippen LogP contribution in [0, 0.1) is 6.92 Å². The van der Waals surface area contributed by atoms with Crippen LogP contribution in [0.25, 0.3) is 0 Å². The third-order valence-electron chi connectivity index (χ3n) is 5.46. The Morgan fingerprint density at radius 2 is 1.62 bits per heavy atom. The standard InChI is InChI=1S/C24H28F3NO/c1-4-14-29-15-13-20-16-23(19-7-5-17(2)6-8-19)28(18(20)3)22-11-9-21(10-12-22)24(25,26)27/h5-12,23H,4,13-16H2,1-3H3. The van der Waals surface area contributed by atoms with E-state index in [1.807, 2.05) is 6.92 Å². The van der Waals surface area contributed by atoms with Crippen LogP contribution in [0.2, 0.25) is 0 Å². The quantitative estimate of drug-likeness (QED) is 0.459. The number of allylic oxidation sites excluding steroid dienone is 1. The molecule has 2 aromatic rings. The Morgan fingerprint density at radius 3 is 2.21 bits per heavy atom. The van der Waals surface area contributed by atoms with Gasteiger partial charge in [0.1, 0.15) is 0 Å². The van der Waals surface area contributed by atoms with Gasteiger partial charge in [0.05, 0.1) is 18.2 Å². The number of ether oxygens (including phenoxy) is 1. The maximum Gasteiger partial charge on any atom is 0.416 e. The van der Waals surface area contributed by atoms with Gasteiger partial charge < -0.3 is 9.64 Å². The van der Waals surface area contributed by atoms with Crippen LogP contribution in [0.1, 0.15) is 55.8 Å². The number of rotatable bonds is 7. The fourth-order valence-corrected chi connectivity index (χ4v) is 3.84. The Bertz CT molecular complexity index is 838. The van der Waals surface area contributed by atoms with Gasteiger partial charge in [-0.1, -0.05) is 36.8 Å². The van der Waals surface area contributed by atoms with Crippen LogP contribution in [0.4, 0.5) is 18.9 Å². The van der Waals surface area contributed by atoms with E-state index >= 15 is 0 Å². The molecule has 156 valence electrons. The molecule has 1 aliphatic rings. The predicted octanol–water partition coefficient (Wildman–Crippen LogP) is 7.06. The summed E-state index contributed by atoms with van der Waals surface area (Å²) in [6.07, 6.45) is -1.65. The third-order valence-corrected chi connectivity index (χ3v) is 5.46. The van der Waals surface area contributed by atoms with Gasteiger partial charge in [0.25, 0.3) is 0 Å². The second kappa shape index (κ2) is 9.04. The number of halogens is 3. The summed E-state index contributed by atoms with van der Waals surface area (Å²) in [6.45, 7) is 7.60. The molecule has 1 atom stereocenters. The van der Waals surface area contributed by atoms with Crippen LogP contribution in [0.3, 0.4) is 0 Å². The Labute approximate surface area is 171 Å². The van der Waals surface area contributed by atoms with Crippen molar-refractivity contribution >= 4 is 5.69 Å². The van der Waals surface area contributed by atoms with E-state index in [9.17, 15) is 13.2 Å². The minimum absolute atomic E-state index is 0.0773. The second-order valence-electron chi connectivity index (χ2n) is 7.60. The Kier molecular flexibility index (Phi) is 6.68. The molecule has 0 aromatic heterocycles. The molecular formula is C24H28F3NO. The molecular weight excluding hydrogens is 375 g/mol. The highest BCUT2D eigenvalue weighted by Gasteiger charge is 2.33. The topological polar surface area (TPSA) is 12.5 Å². The molecule has 0 N–H and O–H groups in total. The largest absolute Gasteiger partial charge is 0.416 e. The molecule has 29 heavy (non-hydrogen) atoms. The van der Waals surface area contributed by atoms with Crippen LogP contribution in [-0.4, -0.2) is 13.2 Å². The van der Waals surface area contributed by atoms with Gasteiger partial charge in [-0.15, -0.1) is 0 Å². The molecule has 0 aliphatic carbocycles. The number of hydrogen-bond donors (Lipinski definition) is 0. The molecule has 0 saturated heterocycles. The van der Waals surface area contributed by atoms with E-state index in [1.54, 1.807) is 12.1 Å². The number of benzene rings is 2. The van der Waals surface area contributed by atoms with Crippen LogP contribution >= 0.6 is 0 Å². The zero-order valence-corrected chi connectivity index (χ0v) is 17.2. The summed E-state index contributed by atoms with van der Waals surface area (Å²) in [5.74, 6) is 0. The molecule has 1 unspecified atom stereocenters. The zero-order valence-electron chi connectivity index (χ0n) is 17.2. The van der Waals surface area contributed by atoms with Gasteiger partial charge in [-0.25, -0.2) is 0 Å². The Hall–Kier alpha value is -2.27. The van der Waals surface area contributed by atoms with Gasteiger partial charge in [-0.2, -0.15) is 13.2 Å². The summed E-state index contributed by atoms with van der Waals surface area (Å²) >= 11 is 0. The van der Waals surface area contributed by atoms with Gasteiger partial charge in [0.2, 0.25) is 0 Å². The summed E-state index contributed by atoms with van der Waals surface area (Å²) in [5.41, 5.74) is 4.92. The van der Waals surface area contributed by atoms with Gasteiger partial charge in [-0.05, 0) is 68.5 Å². The highest BCUT2D eigenvalue weighted by Crippen LogP contribution is 2.44. The first-order valence-electron chi connectivity index (χ1n) is 10.1. The first-order chi connectivity index (χ1) is 13.8. The minimum atomic E-state index is -4.33. The number of aryl methyl sites for hydroxylation is 1. The van der Waals surface area contributed by atoms with Gasteiger partial charge >= 0.3 is 6.18 Å². The Balaban J connectivity index is 1.90. The summed E-state index contributed by atoms with van der Waals surface area (Å²) < 4.78 is 44.6. The molecule has 1 heterocycles. The van der Waals surface area contributed by atoms with Crippen molar-refractivity contribution in [1.29, 1.82) is 0 Å². The molecule has 3 rings (SSSR count). The van der Waals surface area contributed by atoms with E-state index in [-0.39, 0.29) is 6.04 Å². The highest BCUT2D eigenvalue weighted by molar-refractivity contribution is 5.59. The molecule has 5 heteroatoms. The number of hydrogen-bond acceptors (Lipinski definition) is 2. The molecule has 0 amide bonds. The normalized spacial score (nSPS) is 17.3. The van der Waals surface area contributed by atoms with Crippen molar-refractivity contribution in [3.63, 3.8) is 0 Å². The van der Waals surface area contributed by atoms with Crippen LogP contribution in [0.15, 0.2) is 59.8 Å². The number of nitrogens with zero attached hydrogens (tertiary/aromatic N) is 1. The van der Waals surface area contributed by atoms with E-state index in [0.717, 1.165) is 49.4 Å². The molecule has 0 saturated carbocycles. The first kappa shape index (κ1) is 21.4. The van der Waals surface area contributed by atoms with Crippen molar-refractivity contribution in [1.82, 2.24) is 0 Å². The monoisotopic (exact) mass is 403 g/mol. The van der Waals surface area contributed by atoms with Crippen molar-refractivity contribution in [3.8, 4) is 0 Å². The lowest BCUT2D eigenvalue weighted by Gasteiger charge is -2.29. The van der Waals surface area contributed by atoms with Crippen LogP contribution < -0.4 is 4.90 Å². The summed E-state index contributed by atoms with van der Waals surface area (Å²) in [4.78, 5) is 2.17. The summed E-state index contributed by atoms with van der Waals surface area (Å²) in [6, 6.07) is 13.9. The number of alkyl halides is 3. The molecule has 0 radical (unpaired) electrons. The second-order valence-corrected chi connectivity index (χ2v) is 7.60. The lowest BCUT2D eigenvalue weighted by Crippen LogP contribution is -2.22. The van der Waals surface area contributed by atoms with E-state index in [2.05, 4.69) is 43.0 Å². The van der Waals surface area contributed by atoms with E-state index in [1.165, 1.54) is 16.7 Å². The lowest BCUT2D eigenvalue weighted by molar-refractivity contribution is -0.137. The number of anilines is 1. The predicted molar refractivity (Wildman–Crippen MR) is 111 cm³/mol. The van der Waals surface area contributed by atoms with Crippen molar-refractivity contribution in [3.05, 3.63) is 76.5 Å². The fourth-order valence-electron chi connectivity index (χ4n) is 3.84. The molecule has 0 fully saturated rings. The average molecular weight is 403 g/mol. The maximum absolute atomic E-state index is 13.0. The SMILES string of the molecule is CCCOCCC1=C(C)N(c2ccc(C(F)(F)F)cc2)C(c2ccc(C)cc2)C1. The smallest absolute Gasteiger partial charge is 0.381 e. The van der Waals surface area contributed by atoms with Crippen molar-refractivity contribution in [2.75, 3.05) is 18.1 Å². The Morgan fingerprint density at radius 1 is 0.966 bits per heavy atom. The third kappa shape index (κ3) is 5.02. The van der Waals surface area contributed by atoms with E-state index in [4.69, 9.17) is 4.74 Å². The van der Waals surface area contributed by atoms with E-state index < -0.39 is 11.7 Å². The molecule has 2 nitrogen and oxygen atoms in total. The zero-order chi connectivity index (χ0) is 21.0. The van der Waals surface area contributed by atoms with Crippen molar-refractivity contribution < 1.29 is 17.9 Å². The minimum Gasteiger partial charge on any atom is -0.381 e. The molecule has 0 spiro atoms. The average Bonchev–Trinajstić information content (AvgIpc) is 3.01. The fraction of sp³-hybridized carbons (Fsp3) is 0.417. The molecule has 1 aliphatic heterocycles. The highest BCUT2D eigenvalue weighted by atomic mass is 19.4. The summed E-state index contributed by atoms with van der Waals surface area (Å²) in [5, 5.41) is 0.